The summed E-state index contributed by atoms with van der Waals surface area (Å²) in [6.45, 7) is 12.8. The molecule has 0 spiro atoms. The Hall–Kier alpha value is -3.03. The molecule has 0 unspecified atom stereocenters. The highest BCUT2D eigenvalue weighted by Gasteiger charge is 2.26. The van der Waals surface area contributed by atoms with Crippen LogP contribution in [0.2, 0.25) is 0 Å². The molecule has 32 heavy (non-hydrogen) atoms. The normalized spacial score (nSPS) is 13.0. The lowest BCUT2D eigenvalue weighted by atomic mass is 10.1. The first kappa shape index (κ1) is 25.2. The van der Waals surface area contributed by atoms with Gasteiger partial charge in [-0.25, -0.2) is 9.78 Å². The minimum atomic E-state index is -0.612. The van der Waals surface area contributed by atoms with Crippen molar-refractivity contribution in [2.24, 2.45) is 5.92 Å². The van der Waals surface area contributed by atoms with E-state index in [0.717, 1.165) is 17.4 Å². The number of rotatable bonds is 5. The Bertz CT molecular complexity index is 869. The van der Waals surface area contributed by atoms with Crippen molar-refractivity contribution in [2.45, 2.75) is 66.7 Å². The third kappa shape index (κ3) is 8.99. The van der Waals surface area contributed by atoms with E-state index in [0.29, 0.717) is 31.2 Å². The summed E-state index contributed by atoms with van der Waals surface area (Å²) in [6.07, 6.45) is -0.0129. The summed E-state index contributed by atoms with van der Waals surface area (Å²) < 4.78 is 16.5. The van der Waals surface area contributed by atoms with Gasteiger partial charge in [-0.1, -0.05) is 39.0 Å². The maximum absolute atomic E-state index is 12.4. The van der Waals surface area contributed by atoms with Crippen molar-refractivity contribution < 1.29 is 23.5 Å². The van der Waals surface area contributed by atoms with Gasteiger partial charge in [-0.3, -0.25) is 4.79 Å². The number of nitrogens with one attached hydrogen (secondary N) is 1. The number of aromatic nitrogens is 1. The zero-order valence-corrected chi connectivity index (χ0v) is 19.9. The highest BCUT2D eigenvalue weighted by atomic mass is 16.6. The van der Waals surface area contributed by atoms with Gasteiger partial charge >= 0.3 is 6.09 Å². The van der Waals surface area contributed by atoms with Gasteiger partial charge in [-0.05, 0) is 38.8 Å². The molecule has 0 fully saturated rings. The van der Waals surface area contributed by atoms with Crippen LogP contribution in [0.15, 0.2) is 34.7 Å². The van der Waals surface area contributed by atoms with Crippen LogP contribution in [-0.4, -0.2) is 40.6 Å². The second-order valence-electron chi connectivity index (χ2n) is 9.23. The summed E-state index contributed by atoms with van der Waals surface area (Å²) >= 11 is 0. The Morgan fingerprint density at radius 3 is 2.47 bits per heavy atom. The number of nitrogens with zero attached hydrogens (tertiary/aromatic N) is 2. The van der Waals surface area contributed by atoms with E-state index >= 15 is 0 Å². The molecule has 0 bridgehead atoms. The van der Waals surface area contributed by atoms with Crippen LogP contribution in [0.4, 0.5) is 4.79 Å². The second kappa shape index (κ2) is 11.5. The van der Waals surface area contributed by atoms with Gasteiger partial charge in [0.15, 0.2) is 6.61 Å². The Morgan fingerprint density at radius 2 is 1.84 bits per heavy atom. The summed E-state index contributed by atoms with van der Waals surface area (Å²) in [6, 6.07) is 9.43. The number of fused-ring (bicyclic) bond motifs is 1. The minimum Gasteiger partial charge on any atom is -0.484 e. The first-order valence-electron chi connectivity index (χ1n) is 10.9. The molecule has 0 radical (unpaired) electrons. The standard InChI is InChI=1S/C20H25N3O5.C4H10/c1-20(2,3)28-19(25)21-11-18(24)23-10-9-15-16(12-23)27-17(22-15)13-26-14-7-5-4-6-8-14;1-4(2)3/h4-8H,9-13H2,1-3H3,(H,21,25);4H,1-3H3. The average molecular weight is 446 g/mol. The largest absolute Gasteiger partial charge is 0.484 e. The molecule has 176 valence electrons. The molecular formula is C24H35N3O5. The van der Waals surface area contributed by atoms with E-state index in [2.05, 4.69) is 31.1 Å². The first-order chi connectivity index (χ1) is 15.0. The maximum Gasteiger partial charge on any atom is 0.408 e. The molecule has 2 aromatic rings. The quantitative estimate of drug-likeness (QED) is 0.736. The number of carbonyl (C=O) groups excluding carboxylic acids is 2. The van der Waals surface area contributed by atoms with Crippen molar-refractivity contribution in [3.8, 4) is 5.75 Å². The number of para-hydroxylation sites is 1. The molecule has 0 saturated carbocycles. The van der Waals surface area contributed by atoms with Gasteiger partial charge in [0, 0.05) is 13.0 Å². The van der Waals surface area contributed by atoms with Gasteiger partial charge in [0.2, 0.25) is 11.8 Å². The van der Waals surface area contributed by atoms with Crippen LogP contribution < -0.4 is 10.1 Å². The zero-order chi connectivity index (χ0) is 23.7. The number of ether oxygens (including phenoxy) is 2. The van der Waals surface area contributed by atoms with Crippen molar-refractivity contribution in [1.82, 2.24) is 15.2 Å². The molecule has 1 N–H and O–H groups in total. The van der Waals surface area contributed by atoms with Crippen molar-refractivity contribution in [3.63, 3.8) is 0 Å². The molecule has 1 aliphatic rings. The van der Waals surface area contributed by atoms with Crippen LogP contribution in [0.25, 0.3) is 0 Å². The number of alkyl carbamates (subject to hydrolysis) is 1. The summed E-state index contributed by atoms with van der Waals surface area (Å²) in [5.41, 5.74) is 0.237. The predicted octanol–water partition coefficient (Wildman–Crippen LogP) is 4.33. The van der Waals surface area contributed by atoms with E-state index in [9.17, 15) is 9.59 Å². The van der Waals surface area contributed by atoms with Crippen LogP contribution in [0.5, 0.6) is 5.75 Å². The third-order valence-corrected chi connectivity index (χ3v) is 4.02. The molecule has 3 rings (SSSR count). The minimum absolute atomic E-state index is 0.123. The first-order valence-corrected chi connectivity index (χ1v) is 10.9. The second-order valence-corrected chi connectivity index (χ2v) is 9.23. The molecule has 2 amide bonds. The van der Waals surface area contributed by atoms with Crippen molar-refractivity contribution in [1.29, 1.82) is 0 Å². The fourth-order valence-corrected chi connectivity index (χ4v) is 2.76. The average Bonchev–Trinajstić information content (AvgIpc) is 3.12. The smallest absolute Gasteiger partial charge is 0.408 e. The molecule has 2 heterocycles. The third-order valence-electron chi connectivity index (χ3n) is 4.02. The van der Waals surface area contributed by atoms with Crippen LogP contribution in [0.3, 0.4) is 0 Å². The van der Waals surface area contributed by atoms with Gasteiger partial charge < -0.3 is 24.1 Å². The van der Waals surface area contributed by atoms with E-state index in [-0.39, 0.29) is 19.1 Å². The molecular weight excluding hydrogens is 410 g/mol. The lowest BCUT2D eigenvalue weighted by molar-refractivity contribution is -0.131. The van der Waals surface area contributed by atoms with Crippen LogP contribution in [0, 0.1) is 5.92 Å². The van der Waals surface area contributed by atoms with Crippen LogP contribution in [-0.2, 0) is 29.1 Å². The van der Waals surface area contributed by atoms with E-state index in [1.807, 2.05) is 30.3 Å². The van der Waals surface area contributed by atoms with Crippen molar-refractivity contribution >= 4 is 12.0 Å². The molecule has 8 heteroatoms. The molecule has 8 nitrogen and oxygen atoms in total. The molecule has 0 atom stereocenters. The molecule has 1 aromatic heterocycles. The van der Waals surface area contributed by atoms with Gasteiger partial charge in [-0.15, -0.1) is 0 Å². The summed E-state index contributed by atoms with van der Waals surface area (Å²) in [7, 11) is 0. The fraction of sp³-hybridized carbons (Fsp3) is 0.542. The van der Waals surface area contributed by atoms with E-state index in [4.69, 9.17) is 13.9 Å². The van der Waals surface area contributed by atoms with Gasteiger partial charge in [0.25, 0.3) is 0 Å². The fourth-order valence-electron chi connectivity index (χ4n) is 2.76. The predicted molar refractivity (Wildman–Crippen MR) is 121 cm³/mol. The summed E-state index contributed by atoms with van der Waals surface area (Å²) in [5.74, 6) is 2.51. The van der Waals surface area contributed by atoms with Crippen molar-refractivity contribution in [2.75, 3.05) is 13.1 Å². The van der Waals surface area contributed by atoms with Crippen LogP contribution >= 0.6 is 0 Å². The molecule has 1 aliphatic heterocycles. The Labute approximate surface area is 190 Å². The summed E-state index contributed by atoms with van der Waals surface area (Å²) in [5, 5.41) is 2.49. The van der Waals surface area contributed by atoms with E-state index < -0.39 is 11.7 Å². The van der Waals surface area contributed by atoms with Gasteiger partial charge in [0.1, 0.15) is 23.7 Å². The number of hydrogen-bond donors (Lipinski definition) is 1. The molecule has 0 aliphatic carbocycles. The highest BCUT2D eigenvalue weighted by molar-refractivity contribution is 5.82. The Kier molecular flexibility index (Phi) is 9.11. The number of benzene rings is 1. The SMILES string of the molecule is CC(C)(C)OC(=O)NCC(=O)N1CCc2nc(COc3ccccc3)oc2C1.CC(C)C. The summed E-state index contributed by atoms with van der Waals surface area (Å²) in [4.78, 5) is 30.1. The zero-order valence-electron chi connectivity index (χ0n) is 19.9. The van der Waals surface area contributed by atoms with Crippen LogP contribution in [0.1, 0.15) is 58.9 Å². The molecule has 1 aromatic carbocycles. The number of amides is 2. The monoisotopic (exact) mass is 445 g/mol. The number of carbonyl (C=O) groups is 2. The van der Waals surface area contributed by atoms with E-state index in [1.165, 1.54) is 0 Å². The van der Waals surface area contributed by atoms with Gasteiger partial charge in [-0.2, -0.15) is 0 Å². The Balaban J connectivity index is 0.000000837. The van der Waals surface area contributed by atoms with Crippen molar-refractivity contribution in [3.05, 3.63) is 47.7 Å². The number of hydrogen-bond acceptors (Lipinski definition) is 6. The molecule has 0 saturated heterocycles. The highest BCUT2D eigenvalue weighted by Crippen LogP contribution is 2.21. The number of oxazole rings is 1. The lowest BCUT2D eigenvalue weighted by Crippen LogP contribution is -2.43. The van der Waals surface area contributed by atoms with E-state index in [1.54, 1.807) is 25.7 Å². The van der Waals surface area contributed by atoms with Gasteiger partial charge in [0.05, 0.1) is 12.2 Å². The topological polar surface area (TPSA) is 93.9 Å². The lowest BCUT2D eigenvalue weighted by Gasteiger charge is -2.26. The maximum atomic E-state index is 12.4. The Morgan fingerprint density at radius 1 is 1.19 bits per heavy atom.